The number of hydrogen-bond donors (Lipinski definition) is 3. The third kappa shape index (κ3) is 6.20. The van der Waals surface area contributed by atoms with E-state index in [2.05, 4.69) is 16.0 Å². The minimum atomic E-state index is -0.227. The van der Waals surface area contributed by atoms with Crippen molar-refractivity contribution in [1.29, 1.82) is 0 Å². The molecule has 1 heterocycles. The maximum Gasteiger partial charge on any atom is 0.315 e. The van der Waals surface area contributed by atoms with Crippen molar-refractivity contribution < 1.29 is 14.0 Å². The lowest BCUT2D eigenvalue weighted by molar-refractivity contribution is -0.114. The highest BCUT2D eigenvalue weighted by Crippen LogP contribution is 2.24. The molecule has 1 unspecified atom stereocenters. The molecule has 0 aliphatic carbocycles. The van der Waals surface area contributed by atoms with Crippen LogP contribution in [0, 0.1) is 12.7 Å². The van der Waals surface area contributed by atoms with Crippen molar-refractivity contribution in [2.75, 3.05) is 29.9 Å². The Balaban J connectivity index is 1.44. The fraction of sp³-hybridized carbons (Fsp3) is 0.391. The van der Waals surface area contributed by atoms with E-state index >= 15 is 0 Å². The number of carbonyl (C=O) groups is 2. The Hall–Kier alpha value is -3.09. The van der Waals surface area contributed by atoms with E-state index in [-0.39, 0.29) is 23.8 Å². The van der Waals surface area contributed by atoms with Gasteiger partial charge in [-0.2, -0.15) is 0 Å². The van der Waals surface area contributed by atoms with Crippen LogP contribution < -0.4 is 20.9 Å². The lowest BCUT2D eigenvalue weighted by Crippen LogP contribution is -2.51. The third-order valence-electron chi connectivity index (χ3n) is 5.17. The van der Waals surface area contributed by atoms with Crippen molar-refractivity contribution in [2.45, 2.75) is 39.2 Å². The number of piperidine rings is 1. The number of aryl methyl sites for hydroxylation is 1. The lowest BCUT2D eigenvalue weighted by atomic mass is 10.0. The van der Waals surface area contributed by atoms with E-state index in [1.165, 1.54) is 13.0 Å². The van der Waals surface area contributed by atoms with Gasteiger partial charge in [0.2, 0.25) is 5.91 Å². The summed E-state index contributed by atoms with van der Waals surface area (Å²) in [5.41, 5.74) is 3.45. The maximum atomic E-state index is 14.2. The van der Waals surface area contributed by atoms with Crippen LogP contribution in [0.4, 0.5) is 20.6 Å². The van der Waals surface area contributed by atoms with Crippen LogP contribution in [0.15, 0.2) is 42.5 Å². The molecule has 2 aromatic rings. The molecule has 1 fully saturated rings. The van der Waals surface area contributed by atoms with E-state index in [0.29, 0.717) is 25.2 Å². The molecule has 160 valence electrons. The Bertz CT molecular complexity index is 885. The van der Waals surface area contributed by atoms with E-state index in [9.17, 15) is 14.0 Å². The smallest absolute Gasteiger partial charge is 0.315 e. The van der Waals surface area contributed by atoms with E-state index in [1.807, 2.05) is 42.2 Å². The van der Waals surface area contributed by atoms with E-state index < -0.39 is 0 Å². The quantitative estimate of drug-likeness (QED) is 0.679. The fourth-order valence-electron chi connectivity index (χ4n) is 3.69. The van der Waals surface area contributed by atoms with Crippen molar-refractivity contribution in [3.8, 4) is 0 Å². The standard InChI is InChI=1S/C23H29FN4O2/c1-16-5-10-21(24)22(14-16)28-13-3-4-20(15-28)27-23(30)25-12-11-18-6-8-19(9-7-18)26-17(2)29/h5-10,14,20H,3-4,11-13,15H2,1-2H3,(H,26,29)(H2,25,27,30). The Morgan fingerprint density at radius 2 is 1.93 bits per heavy atom. The molecule has 0 spiro atoms. The van der Waals surface area contributed by atoms with Gasteiger partial charge in [0.05, 0.1) is 5.69 Å². The summed E-state index contributed by atoms with van der Waals surface area (Å²) in [5, 5.41) is 8.62. The molecule has 7 heteroatoms. The third-order valence-corrected chi connectivity index (χ3v) is 5.17. The second kappa shape index (κ2) is 10.1. The van der Waals surface area contributed by atoms with E-state index in [1.54, 1.807) is 6.07 Å². The average molecular weight is 413 g/mol. The molecule has 1 saturated heterocycles. The molecule has 0 radical (unpaired) electrons. The first-order chi connectivity index (χ1) is 14.4. The Labute approximate surface area is 176 Å². The van der Waals surface area contributed by atoms with Gasteiger partial charge in [-0.25, -0.2) is 9.18 Å². The monoisotopic (exact) mass is 412 g/mol. The summed E-state index contributed by atoms with van der Waals surface area (Å²) in [6, 6.07) is 12.4. The van der Waals surface area contributed by atoms with Crippen LogP contribution in [0.25, 0.3) is 0 Å². The van der Waals surface area contributed by atoms with E-state index in [0.717, 1.165) is 36.2 Å². The highest BCUT2D eigenvalue weighted by atomic mass is 19.1. The minimum Gasteiger partial charge on any atom is -0.367 e. The summed E-state index contributed by atoms with van der Waals surface area (Å²) in [7, 11) is 0. The van der Waals surface area contributed by atoms with Crippen LogP contribution in [0.2, 0.25) is 0 Å². The minimum absolute atomic E-state index is 0.0180. The van der Waals surface area contributed by atoms with Gasteiger partial charge in [0.1, 0.15) is 5.82 Å². The first kappa shape index (κ1) is 21.6. The van der Waals surface area contributed by atoms with Gasteiger partial charge in [0.25, 0.3) is 0 Å². The predicted molar refractivity (Wildman–Crippen MR) is 117 cm³/mol. The summed E-state index contributed by atoms with van der Waals surface area (Å²) in [6.07, 6.45) is 2.47. The van der Waals surface area contributed by atoms with Gasteiger partial charge in [-0.3, -0.25) is 4.79 Å². The predicted octanol–water partition coefficient (Wildman–Crippen LogP) is 3.60. The Kier molecular flexibility index (Phi) is 7.27. The van der Waals surface area contributed by atoms with E-state index in [4.69, 9.17) is 0 Å². The van der Waals surface area contributed by atoms with Crippen molar-refractivity contribution in [1.82, 2.24) is 10.6 Å². The van der Waals surface area contributed by atoms with Crippen LogP contribution >= 0.6 is 0 Å². The van der Waals surface area contributed by atoms with Crippen molar-refractivity contribution in [3.63, 3.8) is 0 Å². The first-order valence-corrected chi connectivity index (χ1v) is 10.3. The van der Waals surface area contributed by atoms with Gasteiger partial charge in [-0.1, -0.05) is 18.2 Å². The summed E-state index contributed by atoms with van der Waals surface area (Å²) in [6.45, 7) is 5.31. The van der Waals surface area contributed by atoms with Crippen LogP contribution in [-0.2, 0) is 11.2 Å². The summed E-state index contributed by atoms with van der Waals surface area (Å²) >= 11 is 0. The van der Waals surface area contributed by atoms with Crippen molar-refractivity contribution in [2.24, 2.45) is 0 Å². The molecule has 0 bridgehead atoms. The molecule has 30 heavy (non-hydrogen) atoms. The van der Waals surface area contributed by atoms with Crippen LogP contribution in [0.3, 0.4) is 0 Å². The Morgan fingerprint density at radius 1 is 1.17 bits per heavy atom. The first-order valence-electron chi connectivity index (χ1n) is 10.3. The van der Waals surface area contributed by atoms with Gasteiger partial charge in [-0.05, 0) is 61.6 Å². The van der Waals surface area contributed by atoms with Crippen LogP contribution in [0.5, 0.6) is 0 Å². The number of anilines is 2. The molecule has 0 aromatic heterocycles. The number of nitrogens with zero attached hydrogens (tertiary/aromatic N) is 1. The number of halogens is 1. The molecule has 3 rings (SSSR count). The second-order valence-corrected chi connectivity index (χ2v) is 7.77. The van der Waals surface area contributed by atoms with Gasteiger partial charge < -0.3 is 20.9 Å². The van der Waals surface area contributed by atoms with Gasteiger partial charge >= 0.3 is 6.03 Å². The van der Waals surface area contributed by atoms with Crippen LogP contribution in [0.1, 0.15) is 30.9 Å². The molecule has 1 aliphatic rings. The molecular weight excluding hydrogens is 383 g/mol. The number of nitrogens with one attached hydrogen (secondary N) is 3. The number of urea groups is 1. The molecule has 2 aromatic carbocycles. The Morgan fingerprint density at radius 3 is 2.67 bits per heavy atom. The van der Waals surface area contributed by atoms with Crippen molar-refractivity contribution in [3.05, 3.63) is 59.4 Å². The maximum absolute atomic E-state index is 14.2. The highest BCUT2D eigenvalue weighted by Gasteiger charge is 2.23. The molecule has 3 N–H and O–H groups in total. The molecular formula is C23H29FN4O2. The highest BCUT2D eigenvalue weighted by molar-refractivity contribution is 5.88. The number of carbonyl (C=O) groups excluding carboxylic acids is 2. The second-order valence-electron chi connectivity index (χ2n) is 7.77. The number of rotatable bonds is 6. The van der Waals surface area contributed by atoms with Crippen molar-refractivity contribution >= 4 is 23.3 Å². The average Bonchev–Trinajstić information content (AvgIpc) is 2.71. The van der Waals surface area contributed by atoms with Gasteiger partial charge in [0.15, 0.2) is 0 Å². The molecule has 1 atom stereocenters. The molecule has 0 saturated carbocycles. The molecule has 6 nitrogen and oxygen atoms in total. The van der Waals surface area contributed by atoms with Crippen LogP contribution in [-0.4, -0.2) is 37.6 Å². The zero-order valence-electron chi connectivity index (χ0n) is 17.5. The van der Waals surface area contributed by atoms with Gasteiger partial charge in [-0.15, -0.1) is 0 Å². The molecule has 3 amide bonds. The largest absolute Gasteiger partial charge is 0.367 e. The molecule has 1 aliphatic heterocycles. The number of benzene rings is 2. The fourth-order valence-corrected chi connectivity index (χ4v) is 3.69. The SMILES string of the molecule is CC(=O)Nc1ccc(CCNC(=O)NC2CCCN(c3cc(C)ccc3F)C2)cc1. The zero-order valence-corrected chi connectivity index (χ0v) is 17.5. The zero-order chi connectivity index (χ0) is 21.5. The number of hydrogen-bond acceptors (Lipinski definition) is 3. The normalized spacial score (nSPS) is 16.1. The lowest BCUT2D eigenvalue weighted by Gasteiger charge is -2.35. The number of amides is 3. The summed E-state index contributed by atoms with van der Waals surface area (Å²) in [5.74, 6) is -0.331. The topological polar surface area (TPSA) is 73.5 Å². The summed E-state index contributed by atoms with van der Waals surface area (Å²) in [4.78, 5) is 25.3. The summed E-state index contributed by atoms with van der Waals surface area (Å²) < 4.78 is 14.2. The van der Waals surface area contributed by atoms with Gasteiger partial charge in [0, 0.05) is 38.3 Å².